The fourth-order valence-electron chi connectivity index (χ4n) is 5.62. The number of benzene rings is 3. The predicted octanol–water partition coefficient (Wildman–Crippen LogP) is 5.72. The van der Waals surface area contributed by atoms with Crippen LogP contribution in [0.2, 0.25) is 0 Å². The molecule has 1 aliphatic heterocycles. The molecule has 200 valence electrons. The van der Waals surface area contributed by atoms with E-state index in [1.54, 1.807) is 32.4 Å². The maximum Gasteiger partial charge on any atom is 0.254 e. The minimum absolute atomic E-state index is 0.0365. The van der Waals surface area contributed by atoms with E-state index in [-0.39, 0.29) is 29.8 Å². The van der Waals surface area contributed by atoms with Crippen LogP contribution in [0.1, 0.15) is 48.3 Å². The standard InChI is InChI=1S/C32H32N2O5/c1-18-8-5-6-11-24(18)34-32(37)29-19(2)33-25-15-22(20-12-13-27(38-3)28(17-20)39-4)16-26(36)31(25)30(29)21-9-7-10-23(35)14-21/h5-14,17,22,30,33,35H,15-16H2,1-4H3,(H,34,37)/t22-,30+/m0/s1. The Morgan fingerprint density at radius 3 is 2.41 bits per heavy atom. The summed E-state index contributed by atoms with van der Waals surface area (Å²) in [5.74, 6) is 0.319. The molecule has 2 atom stereocenters. The highest BCUT2D eigenvalue weighted by Gasteiger charge is 2.41. The Morgan fingerprint density at radius 1 is 0.923 bits per heavy atom. The molecule has 39 heavy (non-hydrogen) atoms. The van der Waals surface area contributed by atoms with Gasteiger partial charge in [-0.25, -0.2) is 0 Å². The van der Waals surface area contributed by atoms with Crippen molar-refractivity contribution in [2.45, 2.75) is 38.5 Å². The molecular weight excluding hydrogens is 492 g/mol. The number of phenolic OH excluding ortho intramolecular Hbond substituents is 1. The summed E-state index contributed by atoms with van der Waals surface area (Å²) >= 11 is 0. The van der Waals surface area contributed by atoms with Gasteiger partial charge in [0, 0.05) is 40.6 Å². The number of allylic oxidation sites excluding steroid dienone is 3. The average molecular weight is 525 g/mol. The van der Waals surface area contributed by atoms with E-state index >= 15 is 0 Å². The van der Waals surface area contributed by atoms with Gasteiger partial charge in [0.05, 0.1) is 14.2 Å². The number of hydrogen-bond acceptors (Lipinski definition) is 6. The number of amides is 1. The predicted molar refractivity (Wildman–Crippen MR) is 150 cm³/mol. The zero-order valence-electron chi connectivity index (χ0n) is 22.5. The third-order valence-corrected chi connectivity index (χ3v) is 7.55. The Morgan fingerprint density at radius 2 is 1.69 bits per heavy atom. The third kappa shape index (κ3) is 5.00. The van der Waals surface area contributed by atoms with E-state index < -0.39 is 5.92 Å². The first-order valence-corrected chi connectivity index (χ1v) is 12.9. The van der Waals surface area contributed by atoms with E-state index in [2.05, 4.69) is 10.6 Å². The molecule has 1 amide bonds. The first-order valence-electron chi connectivity index (χ1n) is 12.9. The topological polar surface area (TPSA) is 96.9 Å². The van der Waals surface area contributed by atoms with Crippen molar-refractivity contribution in [3.8, 4) is 17.2 Å². The molecule has 2 aliphatic rings. The highest BCUT2D eigenvalue weighted by atomic mass is 16.5. The highest BCUT2D eigenvalue weighted by molar-refractivity contribution is 6.10. The second-order valence-electron chi connectivity index (χ2n) is 10.00. The summed E-state index contributed by atoms with van der Waals surface area (Å²) < 4.78 is 10.9. The largest absolute Gasteiger partial charge is 0.508 e. The number of methoxy groups -OCH3 is 2. The molecule has 5 rings (SSSR count). The fraction of sp³-hybridized carbons (Fsp3) is 0.250. The van der Waals surface area contributed by atoms with Crippen LogP contribution >= 0.6 is 0 Å². The molecule has 0 bridgehead atoms. The van der Waals surface area contributed by atoms with Gasteiger partial charge in [-0.1, -0.05) is 36.4 Å². The summed E-state index contributed by atoms with van der Waals surface area (Å²) in [6.07, 6.45) is 0.882. The molecule has 0 unspecified atom stereocenters. The Kier molecular flexibility index (Phi) is 7.15. The van der Waals surface area contributed by atoms with Crippen LogP contribution in [0.4, 0.5) is 5.69 Å². The number of ketones is 1. The van der Waals surface area contributed by atoms with Gasteiger partial charge in [-0.05, 0) is 73.2 Å². The Hall–Kier alpha value is -4.52. The molecule has 0 spiro atoms. The summed E-state index contributed by atoms with van der Waals surface area (Å²) in [6.45, 7) is 3.79. The van der Waals surface area contributed by atoms with Crippen LogP contribution in [0.5, 0.6) is 17.2 Å². The molecule has 1 aliphatic carbocycles. The van der Waals surface area contributed by atoms with Gasteiger partial charge in [-0.3, -0.25) is 9.59 Å². The average Bonchev–Trinajstić information content (AvgIpc) is 2.92. The second kappa shape index (κ2) is 10.7. The zero-order chi connectivity index (χ0) is 27.7. The number of Topliss-reactive ketones (excluding diaryl/α,β-unsaturated/α-hetero) is 1. The Bertz CT molecular complexity index is 1520. The monoisotopic (exact) mass is 524 g/mol. The van der Waals surface area contributed by atoms with Gasteiger partial charge in [0.25, 0.3) is 5.91 Å². The SMILES string of the molecule is COc1ccc([C@@H]2CC(=O)C3=C(C2)NC(C)=C(C(=O)Nc2ccccc2C)[C@H]3c2cccc(O)c2)cc1OC. The normalized spacial score (nSPS) is 18.8. The lowest BCUT2D eigenvalue weighted by atomic mass is 9.71. The van der Waals surface area contributed by atoms with Crippen molar-refractivity contribution in [3.05, 3.63) is 106 Å². The van der Waals surface area contributed by atoms with Crippen molar-refractivity contribution in [2.24, 2.45) is 0 Å². The summed E-state index contributed by atoms with van der Waals surface area (Å²) in [5, 5.41) is 16.7. The highest BCUT2D eigenvalue weighted by Crippen LogP contribution is 2.47. The summed E-state index contributed by atoms with van der Waals surface area (Å²) in [5.41, 5.74) is 5.81. The Labute approximate surface area is 228 Å². The zero-order valence-corrected chi connectivity index (χ0v) is 22.5. The van der Waals surface area contributed by atoms with Crippen LogP contribution in [-0.2, 0) is 9.59 Å². The van der Waals surface area contributed by atoms with Gasteiger partial charge in [0.1, 0.15) is 5.75 Å². The number of carbonyl (C=O) groups excluding carboxylic acids is 2. The molecule has 0 radical (unpaired) electrons. The van der Waals surface area contributed by atoms with E-state index in [1.165, 1.54) is 0 Å². The van der Waals surface area contributed by atoms with Gasteiger partial charge in [-0.2, -0.15) is 0 Å². The van der Waals surface area contributed by atoms with Crippen LogP contribution in [-0.4, -0.2) is 31.0 Å². The van der Waals surface area contributed by atoms with Crippen molar-refractivity contribution in [2.75, 3.05) is 19.5 Å². The molecule has 0 saturated carbocycles. The minimum Gasteiger partial charge on any atom is -0.508 e. The maximum atomic E-state index is 13.9. The molecule has 0 fully saturated rings. The fourth-order valence-corrected chi connectivity index (χ4v) is 5.62. The van der Waals surface area contributed by atoms with Crippen molar-refractivity contribution in [1.29, 1.82) is 0 Å². The maximum absolute atomic E-state index is 13.9. The van der Waals surface area contributed by atoms with E-state index in [0.717, 1.165) is 16.8 Å². The summed E-state index contributed by atoms with van der Waals surface area (Å²) in [4.78, 5) is 27.6. The number of anilines is 1. The lowest BCUT2D eigenvalue weighted by Gasteiger charge is -2.37. The molecule has 7 nitrogen and oxygen atoms in total. The van der Waals surface area contributed by atoms with Gasteiger partial charge in [0.2, 0.25) is 0 Å². The number of ether oxygens (including phenoxy) is 2. The summed E-state index contributed by atoms with van der Waals surface area (Å²) in [7, 11) is 3.18. The molecule has 7 heteroatoms. The number of hydrogen-bond donors (Lipinski definition) is 3. The molecule has 3 aromatic rings. The number of carbonyl (C=O) groups is 2. The number of phenols is 1. The van der Waals surface area contributed by atoms with Crippen LogP contribution < -0.4 is 20.1 Å². The quantitative estimate of drug-likeness (QED) is 0.382. The van der Waals surface area contributed by atoms with Gasteiger partial charge < -0.3 is 25.2 Å². The van der Waals surface area contributed by atoms with Crippen molar-refractivity contribution in [3.63, 3.8) is 0 Å². The van der Waals surface area contributed by atoms with Crippen LogP contribution in [0.3, 0.4) is 0 Å². The van der Waals surface area contributed by atoms with Gasteiger partial charge in [0.15, 0.2) is 17.3 Å². The number of rotatable bonds is 6. The number of aryl methyl sites for hydroxylation is 1. The molecule has 3 aromatic carbocycles. The number of para-hydroxylation sites is 1. The first kappa shape index (κ1) is 26.1. The van der Waals surface area contributed by atoms with Crippen molar-refractivity contribution >= 4 is 17.4 Å². The Balaban J connectivity index is 1.55. The van der Waals surface area contributed by atoms with E-state index in [4.69, 9.17) is 9.47 Å². The number of aromatic hydroxyl groups is 1. The molecule has 3 N–H and O–H groups in total. The smallest absolute Gasteiger partial charge is 0.254 e. The molecule has 0 aromatic heterocycles. The van der Waals surface area contributed by atoms with Crippen LogP contribution in [0.25, 0.3) is 0 Å². The van der Waals surface area contributed by atoms with E-state index in [9.17, 15) is 14.7 Å². The summed E-state index contributed by atoms with van der Waals surface area (Å²) in [6, 6.07) is 20.1. The van der Waals surface area contributed by atoms with Crippen LogP contribution in [0, 0.1) is 6.92 Å². The number of nitrogens with one attached hydrogen (secondary N) is 2. The number of dihydropyridines is 1. The first-order chi connectivity index (χ1) is 18.8. The lowest BCUT2D eigenvalue weighted by Crippen LogP contribution is -2.37. The van der Waals surface area contributed by atoms with E-state index in [1.807, 2.05) is 62.4 Å². The van der Waals surface area contributed by atoms with Gasteiger partial charge in [-0.15, -0.1) is 0 Å². The van der Waals surface area contributed by atoms with E-state index in [0.29, 0.717) is 46.0 Å². The van der Waals surface area contributed by atoms with Crippen molar-refractivity contribution < 1.29 is 24.2 Å². The van der Waals surface area contributed by atoms with Crippen molar-refractivity contribution in [1.82, 2.24) is 5.32 Å². The molecule has 1 heterocycles. The van der Waals surface area contributed by atoms with Crippen LogP contribution in [0.15, 0.2) is 89.3 Å². The molecule has 0 saturated heterocycles. The third-order valence-electron chi connectivity index (χ3n) is 7.55. The molecular formula is C32H32N2O5. The second-order valence-corrected chi connectivity index (χ2v) is 10.00. The lowest BCUT2D eigenvalue weighted by molar-refractivity contribution is -0.116. The van der Waals surface area contributed by atoms with Gasteiger partial charge >= 0.3 is 0 Å². The minimum atomic E-state index is -0.615.